The van der Waals surface area contributed by atoms with E-state index in [4.69, 9.17) is 15.3 Å². The van der Waals surface area contributed by atoms with Crippen LogP contribution in [0.25, 0.3) is 0 Å². The number of nitrogens with one attached hydrogen (secondary N) is 1. The number of hydrogen-bond donors (Lipinski definition) is 2. The lowest BCUT2D eigenvalue weighted by Crippen LogP contribution is -2.39. The van der Waals surface area contributed by atoms with Crippen LogP contribution in [0.3, 0.4) is 0 Å². The molecule has 1 unspecified atom stereocenters. The van der Waals surface area contributed by atoms with E-state index in [0.717, 1.165) is 12.8 Å². The van der Waals surface area contributed by atoms with Gasteiger partial charge in [-0.25, -0.2) is 0 Å². The Labute approximate surface area is 87.1 Å². The normalized spacial score (nSPS) is 14.4. The summed E-state index contributed by atoms with van der Waals surface area (Å²) in [5.74, 6) is 0. The molecule has 0 aliphatic rings. The van der Waals surface area contributed by atoms with Gasteiger partial charge in [0.15, 0.2) is 0 Å². The Morgan fingerprint density at radius 1 is 1.36 bits per heavy atom. The van der Waals surface area contributed by atoms with Crippen LogP contribution in [-0.2, 0) is 9.57 Å². The molecule has 1 atom stereocenters. The molecule has 14 heavy (non-hydrogen) atoms. The first-order chi connectivity index (χ1) is 6.49. The second-order valence-corrected chi connectivity index (χ2v) is 4.42. The Morgan fingerprint density at radius 3 is 2.43 bits per heavy atom. The average Bonchev–Trinajstić information content (AvgIpc) is 2.08. The number of hydroxylamine groups is 1. The first-order valence-corrected chi connectivity index (χ1v) is 5.12. The summed E-state index contributed by atoms with van der Waals surface area (Å²) in [4.78, 5) is 5.47. The van der Waals surface area contributed by atoms with Crippen LogP contribution >= 0.6 is 0 Å². The third-order valence-electron chi connectivity index (χ3n) is 1.66. The molecule has 0 spiro atoms. The molecule has 3 N–H and O–H groups in total. The van der Waals surface area contributed by atoms with E-state index in [0.29, 0.717) is 13.2 Å². The topological polar surface area (TPSA) is 56.5 Å². The fraction of sp³-hybridized carbons (Fsp3) is 1.00. The van der Waals surface area contributed by atoms with Gasteiger partial charge < -0.3 is 10.5 Å². The molecule has 0 aromatic heterocycles. The van der Waals surface area contributed by atoms with Gasteiger partial charge in [0.25, 0.3) is 0 Å². The second kappa shape index (κ2) is 7.17. The van der Waals surface area contributed by atoms with Crippen molar-refractivity contribution in [1.82, 2.24) is 5.48 Å². The van der Waals surface area contributed by atoms with Crippen molar-refractivity contribution in [3.63, 3.8) is 0 Å². The minimum Gasteiger partial charge on any atom is -0.383 e. The number of rotatable bonds is 7. The van der Waals surface area contributed by atoms with Crippen molar-refractivity contribution in [2.45, 2.75) is 45.3 Å². The van der Waals surface area contributed by atoms with Crippen LogP contribution in [0.15, 0.2) is 0 Å². The quantitative estimate of drug-likeness (QED) is 0.609. The lowest BCUT2D eigenvalue weighted by Gasteiger charge is -2.24. The smallest absolute Gasteiger partial charge is 0.0813 e. The van der Waals surface area contributed by atoms with Crippen molar-refractivity contribution in [2.75, 3.05) is 20.3 Å². The van der Waals surface area contributed by atoms with Crippen LogP contribution in [-0.4, -0.2) is 31.9 Å². The minimum absolute atomic E-state index is 0.172. The number of hydrogen-bond acceptors (Lipinski definition) is 4. The summed E-state index contributed by atoms with van der Waals surface area (Å²) in [5, 5.41) is 0. The largest absolute Gasteiger partial charge is 0.383 e. The zero-order chi connectivity index (χ0) is 11.0. The summed E-state index contributed by atoms with van der Waals surface area (Å²) < 4.78 is 5.08. The monoisotopic (exact) mass is 204 g/mol. The van der Waals surface area contributed by atoms with E-state index in [9.17, 15) is 0 Å². The Balaban J connectivity index is 3.72. The van der Waals surface area contributed by atoms with E-state index in [-0.39, 0.29) is 11.6 Å². The predicted octanol–water partition coefficient (Wildman–Crippen LogP) is 1.06. The number of ether oxygens (including phenoxy) is 1. The summed E-state index contributed by atoms with van der Waals surface area (Å²) >= 11 is 0. The lowest BCUT2D eigenvalue weighted by molar-refractivity contribution is -0.0976. The summed E-state index contributed by atoms with van der Waals surface area (Å²) in [5.41, 5.74) is 8.29. The Kier molecular flexibility index (Phi) is 7.09. The van der Waals surface area contributed by atoms with E-state index in [1.54, 1.807) is 7.11 Å². The molecule has 0 amide bonds. The molecular weight excluding hydrogens is 180 g/mol. The van der Waals surface area contributed by atoms with Crippen molar-refractivity contribution in [3.05, 3.63) is 0 Å². The maximum absolute atomic E-state index is 5.47. The van der Waals surface area contributed by atoms with E-state index in [2.05, 4.69) is 5.48 Å². The molecule has 0 saturated carbocycles. The van der Waals surface area contributed by atoms with Crippen LogP contribution < -0.4 is 11.2 Å². The highest BCUT2D eigenvalue weighted by molar-refractivity contribution is 4.64. The van der Waals surface area contributed by atoms with Crippen LogP contribution in [0.1, 0.15) is 33.6 Å². The fourth-order valence-electron chi connectivity index (χ4n) is 1.00. The van der Waals surface area contributed by atoms with Crippen molar-refractivity contribution < 1.29 is 9.57 Å². The highest BCUT2D eigenvalue weighted by Gasteiger charge is 2.14. The molecule has 4 nitrogen and oxygen atoms in total. The molecule has 0 rings (SSSR count). The van der Waals surface area contributed by atoms with Gasteiger partial charge in [-0.05, 0) is 40.2 Å². The highest BCUT2D eigenvalue weighted by Crippen LogP contribution is 2.06. The van der Waals surface area contributed by atoms with Gasteiger partial charge in [0.1, 0.15) is 0 Å². The van der Waals surface area contributed by atoms with Gasteiger partial charge in [-0.15, -0.1) is 0 Å². The minimum atomic E-state index is -0.172. The number of methoxy groups -OCH3 is 1. The Morgan fingerprint density at radius 2 is 2.00 bits per heavy atom. The molecule has 0 aliphatic carbocycles. The molecule has 4 heteroatoms. The van der Waals surface area contributed by atoms with Crippen molar-refractivity contribution >= 4 is 0 Å². The second-order valence-electron chi connectivity index (χ2n) is 4.42. The van der Waals surface area contributed by atoms with Crippen LogP contribution in [0.5, 0.6) is 0 Å². The molecule has 0 aromatic carbocycles. The molecule has 0 saturated heterocycles. The Bertz CT molecular complexity index is 135. The summed E-state index contributed by atoms with van der Waals surface area (Å²) in [6.45, 7) is 7.37. The molecule has 0 fully saturated rings. The van der Waals surface area contributed by atoms with Crippen molar-refractivity contribution in [1.29, 1.82) is 0 Å². The van der Waals surface area contributed by atoms with Gasteiger partial charge >= 0.3 is 0 Å². The van der Waals surface area contributed by atoms with Crippen LogP contribution in [0, 0.1) is 0 Å². The van der Waals surface area contributed by atoms with Gasteiger partial charge in [-0.1, -0.05) is 0 Å². The van der Waals surface area contributed by atoms with E-state index >= 15 is 0 Å². The zero-order valence-corrected chi connectivity index (χ0v) is 9.80. The van der Waals surface area contributed by atoms with Gasteiger partial charge in [-0.3, -0.25) is 4.84 Å². The van der Waals surface area contributed by atoms with Crippen LogP contribution in [0.2, 0.25) is 0 Å². The molecule has 0 radical (unpaired) electrons. The summed E-state index contributed by atoms with van der Waals surface area (Å²) in [7, 11) is 1.69. The maximum atomic E-state index is 5.47. The maximum Gasteiger partial charge on any atom is 0.0813 e. The zero-order valence-electron chi connectivity index (χ0n) is 9.80. The molecule has 0 aromatic rings. The third kappa shape index (κ3) is 8.44. The molecular formula is C10H24N2O2. The standard InChI is InChI=1S/C10H24N2O2/c1-10(2,3)14-12-9(8-13-4)6-5-7-11/h9,12H,5-8,11H2,1-4H3. The summed E-state index contributed by atoms with van der Waals surface area (Å²) in [6.07, 6.45) is 1.95. The third-order valence-corrected chi connectivity index (χ3v) is 1.66. The van der Waals surface area contributed by atoms with E-state index in [1.807, 2.05) is 20.8 Å². The Hall–Kier alpha value is -0.160. The SMILES string of the molecule is COCC(CCCN)NOC(C)(C)C. The van der Waals surface area contributed by atoms with E-state index < -0.39 is 0 Å². The van der Waals surface area contributed by atoms with Gasteiger partial charge in [-0.2, -0.15) is 5.48 Å². The molecule has 0 bridgehead atoms. The van der Waals surface area contributed by atoms with Gasteiger partial charge in [0.05, 0.1) is 18.2 Å². The predicted molar refractivity (Wildman–Crippen MR) is 57.9 cm³/mol. The molecule has 0 aliphatic heterocycles. The van der Waals surface area contributed by atoms with Gasteiger partial charge in [0.2, 0.25) is 0 Å². The van der Waals surface area contributed by atoms with Crippen molar-refractivity contribution in [3.8, 4) is 0 Å². The average molecular weight is 204 g/mol. The first kappa shape index (κ1) is 13.8. The van der Waals surface area contributed by atoms with Gasteiger partial charge in [0, 0.05) is 7.11 Å². The fourth-order valence-corrected chi connectivity index (χ4v) is 1.00. The summed E-state index contributed by atoms with van der Waals surface area (Å²) in [6, 6.07) is 0.225. The van der Waals surface area contributed by atoms with Crippen LogP contribution in [0.4, 0.5) is 0 Å². The number of nitrogens with two attached hydrogens (primary N) is 1. The lowest BCUT2D eigenvalue weighted by atomic mass is 10.2. The molecule has 86 valence electrons. The first-order valence-electron chi connectivity index (χ1n) is 5.12. The highest BCUT2D eigenvalue weighted by atomic mass is 16.7. The van der Waals surface area contributed by atoms with E-state index in [1.165, 1.54) is 0 Å². The van der Waals surface area contributed by atoms with Crippen molar-refractivity contribution in [2.24, 2.45) is 5.73 Å². The molecule has 0 heterocycles.